The molecule has 1 saturated heterocycles. The maximum absolute atomic E-state index is 13.2. The highest BCUT2D eigenvalue weighted by Gasteiger charge is 2.45. The highest BCUT2D eigenvalue weighted by molar-refractivity contribution is 8.26. The zero-order chi connectivity index (χ0) is 20.7. The van der Waals surface area contributed by atoms with E-state index in [0.29, 0.717) is 11.3 Å². The molecule has 2 heterocycles. The van der Waals surface area contributed by atoms with E-state index in [-0.39, 0.29) is 27.1 Å². The molecule has 146 valence electrons. The van der Waals surface area contributed by atoms with Crippen molar-refractivity contribution in [2.75, 3.05) is 11.9 Å². The number of thioether (sulfide) groups is 1. The summed E-state index contributed by atoms with van der Waals surface area (Å²) in [4.78, 5) is 40.8. The van der Waals surface area contributed by atoms with Crippen LogP contribution in [0.2, 0.25) is 0 Å². The first-order chi connectivity index (χ1) is 13.9. The van der Waals surface area contributed by atoms with Crippen molar-refractivity contribution in [2.45, 2.75) is 12.5 Å². The monoisotopic (exact) mass is 424 g/mol. The Morgan fingerprint density at radius 1 is 1.07 bits per heavy atom. The van der Waals surface area contributed by atoms with Gasteiger partial charge in [-0.2, -0.15) is 0 Å². The third-order valence-electron chi connectivity index (χ3n) is 4.95. The Morgan fingerprint density at radius 2 is 1.72 bits per heavy atom. The molecule has 0 radical (unpaired) electrons. The number of benzene rings is 2. The van der Waals surface area contributed by atoms with Crippen molar-refractivity contribution in [2.24, 2.45) is 0 Å². The van der Waals surface area contributed by atoms with E-state index in [4.69, 9.17) is 12.2 Å². The van der Waals surface area contributed by atoms with Crippen LogP contribution in [-0.4, -0.2) is 45.2 Å². The molecule has 6 nitrogen and oxygen atoms in total. The lowest BCUT2D eigenvalue weighted by molar-refractivity contribution is -0.145. The van der Waals surface area contributed by atoms with Gasteiger partial charge in [0.15, 0.2) is 0 Å². The number of amides is 2. The van der Waals surface area contributed by atoms with Gasteiger partial charge in [0, 0.05) is 19.0 Å². The van der Waals surface area contributed by atoms with Crippen LogP contribution < -0.4 is 4.90 Å². The van der Waals surface area contributed by atoms with Crippen molar-refractivity contribution in [3.63, 3.8) is 0 Å². The predicted molar refractivity (Wildman–Crippen MR) is 115 cm³/mol. The molecule has 0 aliphatic carbocycles. The molecule has 0 aromatic heterocycles. The highest BCUT2D eigenvalue weighted by Crippen LogP contribution is 2.44. The van der Waals surface area contributed by atoms with Crippen LogP contribution in [0.4, 0.5) is 5.69 Å². The number of fused-ring (bicyclic) bond motifs is 1. The van der Waals surface area contributed by atoms with E-state index in [1.165, 1.54) is 4.90 Å². The first kappa shape index (κ1) is 19.4. The summed E-state index contributed by atoms with van der Waals surface area (Å²) in [6.07, 6.45) is 0.121. The van der Waals surface area contributed by atoms with Crippen molar-refractivity contribution < 1.29 is 19.5 Å². The van der Waals surface area contributed by atoms with Gasteiger partial charge in [-0.15, -0.1) is 0 Å². The number of thiocarbonyl (C=S) groups is 1. The first-order valence-corrected chi connectivity index (χ1v) is 10.1. The fourth-order valence-corrected chi connectivity index (χ4v) is 4.94. The minimum absolute atomic E-state index is 0.121. The topological polar surface area (TPSA) is 77.9 Å². The van der Waals surface area contributed by atoms with E-state index in [2.05, 4.69) is 0 Å². The summed E-state index contributed by atoms with van der Waals surface area (Å²) in [6.45, 7) is 0. The SMILES string of the molecule is CN1C(=O)/C(=C2/SC(=S)N(C(Cc3ccccc3)C(=O)O)C2=O)c2ccccc21. The number of hydrogen-bond acceptors (Lipinski definition) is 5. The maximum atomic E-state index is 13.2. The molecular weight excluding hydrogens is 408 g/mol. The second-order valence-electron chi connectivity index (χ2n) is 6.67. The number of para-hydroxylation sites is 1. The van der Waals surface area contributed by atoms with E-state index in [0.717, 1.165) is 22.2 Å². The first-order valence-electron chi connectivity index (χ1n) is 8.84. The summed E-state index contributed by atoms with van der Waals surface area (Å²) in [5.74, 6) is -2.00. The molecule has 1 atom stereocenters. The summed E-state index contributed by atoms with van der Waals surface area (Å²) in [5.41, 5.74) is 2.41. The lowest BCUT2D eigenvalue weighted by Crippen LogP contribution is -2.45. The molecule has 2 aromatic rings. The van der Waals surface area contributed by atoms with Crippen molar-refractivity contribution in [3.8, 4) is 0 Å². The Labute approximate surface area is 176 Å². The number of aliphatic carboxylic acids is 1. The molecule has 2 aliphatic heterocycles. The number of carbonyl (C=O) groups excluding carboxylic acids is 2. The molecule has 8 heteroatoms. The summed E-state index contributed by atoms with van der Waals surface area (Å²) >= 11 is 6.34. The quantitative estimate of drug-likeness (QED) is 0.601. The smallest absolute Gasteiger partial charge is 0.327 e. The van der Waals surface area contributed by atoms with E-state index >= 15 is 0 Å². The standard InChI is InChI=1S/C21H16N2O4S2/c1-22-14-10-6-5-9-13(14)16(18(22)24)17-19(25)23(21(28)29-17)15(20(26)27)11-12-7-3-2-4-8-12/h2-10,15H,11H2,1H3,(H,26,27)/b17-16+. The molecule has 29 heavy (non-hydrogen) atoms. The average Bonchev–Trinajstić information content (AvgIpc) is 3.14. The van der Waals surface area contributed by atoms with Gasteiger partial charge >= 0.3 is 5.97 Å². The van der Waals surface area contributed by atoms with Gasteiger partial charge in [-0.3, -0.25) is 14.5 Å². The lowest BCUT2D eigenvalue weighted by atomic mass is 10.0. The molecule has 1 unspecified atom stereocenters. The van der Waals surface area contributed by atoms with Gasteiger partial charge in [-0.05, 0) is 11.6 Å². The van der Waals surface area contributed by atoms with Crippen molar-refractivity contribution in [3.05, 3.63) is 70.6 Å². The number of anilines is 1. The summed E-state index contributed by atoms with van der Waals surface area (Å²) in [7, 11) is 1.64. The molecule has 0 bridgehead atoms. The third-order valence-corrected chi connectivity index (χ3v) is 6.35. The van der Waals surface area contributed by atoms with Gasteiger partial charge in [0.05, 0.1) is 16.2 Å². The highest BCUT2D eigenvalue weighted by atomic mass is 32.2. The molecule has 2 aliphatic rings. The van der Waals surface area contributed by atoms with Crippen LogP contribution in [0.1, 0.15) is 11.1 Å². The third kappa shape index (κ3) is 3.24. The summed E-state index contributed by atoms with van der Waals surface area (Å²) in [5, 5.41) is 9.78. The Balaban J connectivity index is 1.75. The fraction of sp³-hybridized carbons (Fsp3) is 0.143. The molecule has 2 aromatic carbocycles. The zero-order valence-electron chi connectivity index (χ0n) is 15.4. The van der Waals surface area contributed by atoms with Crippen LogP contribution >= 0.6 is 24.0 Å². The predicted octanol–water partition coefficient (Wildman–Crippen LogP) is 2.93. The van der Waals surface area contributed by atoms with Crippen molar-refractivity contribution >= 4 is 57.3 Å². The fourth-order valence-electron chi connectivity index (χ4n) is 3.51. The summed E-state index contributed by atoms with van der Waals surface area (Å²) in [6, 6.07) is 15.1. The number of likely N-dealkylation sites (N-methyl/N-ethyl adjacent to an activating group) is 1. The minimum atomic E-state index is -1.15. The van der Waals surface area contributed by atoms with Gasteiger partial charge in [0.25, 0.3) is 11.8 Å². The number of rotatable bonds is 4. The van der Waals surface area contributed by atoms with Gasteiger partial charge in [0.2, 0.25) is 0 Å². The molecule has 0 saturated carbocycles. The number of hydrogen-bond donors (Lipinski definition) is 1. The van der Waals surface area contributed by atoms with Crippen LogP contribution in [0.3, 0.4) is 0 Å². The molecular formula is C21H16N2O4S2. The number of carbonyl (C=O) groups is 3. The Hall–Kier alpha value is -2.97. The molecule has 2 amide bonds. The van der Waals surface area contributed by atoms with Crippen LogP contribution in [0.15, 0.2) is 59.5 Å². The number of nitrogens with zero attached hydrogens (tertiary/aromatic N) is 2. The van der Waals surface area contributed by atoms with E-state index < -0.39 is 17.9 Å². The van der Waals surface area contributed by atoms with Crippen molar-refractivity contribution in [1.82, 2.24) is 4.90 Å². The Kier molecular flexibility index (Phi) is 4.97. The van der Waals surface area contributed by atoms with Crippen LogP contribution in [0, 0.1) is 0 Å². The van der Waals surface area contributed by atoms with Gasteiger partial charge in [-0.25, -0.2) is 4.79 Å². The van der Waals surface area contributed by atoms with E-state index in [1.54, 1.807) is 37.4 Å². The van der Waals surface area contributed by atoms with Crippen molar-refractivity contribution in [1.29, 1.82) is 0 Å². The molecule has 4 rings (SSSR count). The van der Waals surface area contributed by atoms with E-state index in [9.17, 15) is 19.5 Å². The normalized spacial score (nSPS) is 19.7. The van der Waals surface area contributed by atoms with Gasteiger partial charge in [0.1, 0.15) is 10.4 Å². The van der Waals surface area contributed by atoms with Gasteiger partial charge in [-0.1, -0.05) is 72.5 Å². The number of carboxylic acid groups (broad SMARTS) is 1. The van der Waals surface area contributed by atoms with Crippen LogP contribution in [-0.2, 0) is 20.8 Å². The zero-order valence-corrected chi connectivity index (χ0v) is 17.0. The Bertz CT molecular complexity index is 1080. The minimum Gasteiger partial charge on any atom is -0.480 e. The van der Waals surface area contributed by atoms with Crippen LogP contribution in [0.5, 0.6) is 0 Å². The molecule has 1 N–H and O–H groups in total. The molecule has 0 spiro atoms. The average molecular weight is 425 g/mol. The van der Waals surface area contributed by atoms with E-state index in [1.807, 2.05) is 24.3 Å². The molecule has 1 fully saturated rings. The summed E-state index contributed by atoms with van der Waals surface area (Å²) < 4.78 is 0.140. The van der Waals surface area contributed by atoms with Gasteiger partial charge < -0.3 is 10.0 Å². The number of carboxylic acids is 1. The van der Waals surface area contributed by atoms with Crippen LogP contribution in [0.25, 0.3) is 5.57 Å². The lowest BCUT2D eigenvalue weighted by Gasteiger charge is -2.23. The largest absolute Gasteiger partial charge is 0.480 e. The second kappa shape index (κ2) is 7.46. The Morgan fingerprint density at radius 3 is 2.41 bits per heavy atom. The second-order valence-corrected chi connectivity index (χ2v) is 8.32. The maximum Gasteiger partial charge on any atom is 0.327 e.